The Morgan fingerprint density at radius 3 is 2.38 bits per heavy atom. The van der Waals surface area contributed by atoms with Gasteiger partial charge in [-0.2, -0.15) is 0 Å². The average Bonchev–Trinajstić information content (AvgIpc) is 3.12. The Kier molecular flexibility index (Phi) is 3.44. The van der Waals surface area contributed by atoms with Crippen LogP contribution >= 0.6 is 11.6 Å². The largest absolute Gasteiger partial charge is 0.573 e. The van der Waals surface area contributed by atoms with Crippen molar-refractivity contribution in [2.75, 3.05) is 24.6 Å². The second-order valence-corrected chi connectivity index (χ2v) is 5.65. The molecule has 3 nitrogen and oxygen atoms in total. The van der Waals surface area contributed by atoms with Crippen LogP contribution in [0.25, 0.3) is 0 Å². The van der Waals surface area contributed by atoms with Crippen molar-refractivity contribution in [2.45, 2.75) is 24.8 Å². The van der Waals surface area contributed by atoms with Crippen LogP contribution in [0.3, 0.4) is 0 Å². The molecule has 2 fully saturated rings. The molecule has 1 spiro atoms. The minimum Gasteiger partial charge on any atom is -0.404 e. The van der Waals surface area contributed by atoms with Crippen LogP contribution in [-0.4, -0.2) is 31.7 Å². The number of hydrogen-bond acceptors (Lipinski definition) is 3. The van der Waals surface area contributed by atoms with E-state index in [1.165, 1.54) is 0 Å². The van der Waals surface area contributed by atoms with Crippen molar-refractivity contribution >= 4 is 17.3 Å². The van der Waals surface area contributed by atoms with E-state index in [2.05, 4.69) is 4.74 Å². The summed E-state index contributed by atoms with van der Waals surface area (Å²) in [5.74, 6) is -1.26. The van der Waals surface area contributed by atoms with Gasteiger partial charge >= 0.3 is 6.36 Å². The minimum absolute atomic E-state index is 0.0640. The summed E-state index contributed by atoms with van der Waals surface area (Å²) in [5.41, 5.74) is -0.0285. The Balaban J connectivity index is 1.82. The molecule has 8 heteroatoms. The van der Waals surface area contributed by atoms with E-state index in [1.54, 1.807) is 4.90 Å². The van der Waals surface area contributed by atoms with E-state index in [-0.39, 0.29) is 11.3 Å². The quantitative estimate of drug-likeness (QED) is 0.611. The van der Waals surface area contributed by atoms with Gasteiger partial charge in [0, 0.05) is 19.2 Å². The summed E-state index contributed by atoms with van der Waals surface area (Å²) < 4.78 is 60.0. The van der Waals surface area contributed by atoms with Crippen LogP contribution in [0, 0.1) is 5.82 Å². The van der Waals surface area contributed by atoms with Crippen LogP contribution in [0.2, 0.25) is 5.02 Å². The Bertz CT molecular complexity index is 550. The number of epoxide rings is 1. The highest BCUT2D eigenvalue weighted by Gasteiger charge is 2.47. The summed E-state index contributed by atoms with van der Waals surface area (Å²) in [6, 6.07) is 1.84. The van der Waals surface area contributed by atoms with Crippen LogP contribution < -0.4 is 9.64 Å². The standard InChI is InChI=1S/C13H12ClF4NO2/c14-8-5-9(15)10(6-11(8)21-13(16,17)18)19-3-1-12(2-4-19)7-20-12/h5-6H,1-4,7H2. The molecule has 0 amide bonds. The number of halogens is 5. The lowest BCUT2D eigenvalue weighted by atomic mass is 9.97. The van der Waals surface area contributed by atoms with Crippen molar-refractivity contribution in [3.8, 4) is 5.75 Å². The first-order chi connectivity index (χ1) is 9.78. The molecule has 0 unspecified atom stereocenters. The summed E-state index contributed by atoms with van der Waals surface area (Å²) in [4.78, 5) is 1.68. The summed E-state index contributed by atoms with van der Waals surface area (Å²) in [6.07, 6.45) is -3.42. The van der Waals surface area contributed by atoms with Crippen molar-refractivity contribution in [1.82, 2.24) is 0 Å². The van der Waals surface area contributed by atoms with Crippen LogP contribution in [-0.2, 0) is 4.74 Å². The number of rotatable bonds is 2. The molecule has 1 aromatic carbocycles. The van der Waals surface area contributed by atoms with Crippen LogP contribution in [0.1, 0.15) is 12.8 Å². The van der Waals surface area contributed by atoms with Gasteiger partial charge in [-0.15, -0.1) is 13.2 Å². The second-order valence-electron chi connectivity index (χ2n) is 5.24. The van der Waals surface area contributed by atoms with Crippen LogP contribution in [0.5, 0.6) is 5.75 Å². The molecule has 0 aliphatic carbocycles. The highest BCUT2D eigenvalue weighted by molar-refractivity contribution is 6.32. The Hall–Kier alpha value is -1.21. The third-order valence-corrected chi connectivity index (χ3v) is 4.09. The number of nitrogens with zero attached hydrogens (tertiary/aromatic N) is 1. The maximum absolute atomic E-state index is 14.0. The predicted octanol–water partition coefficient (Wildman–Crippen LogP) is 3.75. The maximum atomic E-state index is 14.0. The highest BCUT2D eigenvalue weighted by atomic mass is 35.5. The molecule has 0 aromatic heterocycles. The first-order valence-corrected chi connectivity index (χ1v) is 6.80. The molecule has 3 rings (SSSR count). The van der Waals surface area contributed by atoms with E-state index >= 15 is 0 Å². The van der Waals surface area contributed by atoms with E-state index in [9.17, 15) is 17.6 Å². The molecule has 0 saturated carbocycles. The molecule has 116 valence electrons. The third-order valence-electron chi connectivity index (χ3n) is 3.79. The Morgan fingerprint density at radius 1 is 1.24 bits per heavy atom. The highest BCUT2D eigenvalue weighted by Crippen LogP contribution is 2.41. The normalized spacial score (nSPS) is 20.7. The van der Waals surface area contributed by atoms with Gasteiger partial charge in [-0.25, -0.2) is 4.39 Å². The molecule has 0 radical (unpaired) electrons. The minimum atomic E-state index is -4.87. The smallest absolute Gasteiger partial charge is 0.404 e. The van der Waals surface area contributed by atoms with Gasteiger partial charge in [0.25, 0.3) is 0 Å². The van der Waals surface area contributed by atoms with E-state index in [4.69, 9.17) is 16.3 Å². The van der Waals surface area contributed by atoms with Gasteiger partial charge in [0.05, 0.1) is 22.9 Å². The van der Waals surface area contributed by atoms with E-state index < -0.39 is 23.0 Å². The fraction of sp³-hybridized carbons (Fsp3) is 0.538. The first kappa shape index (κ1) is 14.7. The first-order valence-electron chi connectivity index (χ1n) is 6.42. The SMILES string of the molecule is Fc1cc(Cl)c(OC(F)(F)F)cc1N1CCC2(CC1)CO2. The van der Waals surface area contributed by atoms with Gasteiger partial charge in [-0.05, 0) is 18.9 Å². The average molecular weight is 326 g/mol. The van der Waals surface area contributed by atoms with E-state index in [0.717, 1.165) is 25.0 Å². The maximum Gasteiger partial charge on any atom is 0.573 e. The fourth-order valence-electron chi connectivity index (χ4n) is 2.51. The fourth-order valence-corrected chi connectivity index (χ4v) is 2.70. The van der Waals surface area contributed by atoms with Crippen molar-refractivity contribution in [3.63, 3.8) is 0 Å². The van der Waals surface area contributed by atoms with Crippen molar-refractivity contribution in [2.24, 2.45) is 0 Å². The number of ether oxygens (including phenoxy) is 2. The summed E-state index contributed by atoms with van der Waals surface area (Å²) in [5, 5.41) is -0.410. The lowest BCUT2D eigenvalue weighted by Crippen LogP contribution is -2.38. The molecule has 21 heavy (non-hydrogen) atoms. The molecule has 2 aliphatic heterocycles. The summed E-state index contributed by atoms with van der Waals surface area (Å²) >= 11 is 5.60. The molecule has 0 atom stereocenters. The summed E-state index contributed by atoms with van der Waals surface area (Å²) in [6.45, 7) is 1.74. The van der Waals surface area contributed by atoms with Gasteiger partial charge in [0.1, 0.15) is 11.6 Å². The molecule has 0 bridgehead atoms. The number of hydrogen-bond donors (Lipinski definition) is 0. The zero-order valence-corrected chi connectivity index (χ0v) is 11.6. The van der Waals surface area contributed by atoms with E-state index in [0.29, 0.717) is 19.7 Å². The zero-order chi connectivity index (χ0) is 15.3. The Morgan fingerprint density at radius 2 is 1.86 bits per heavy atom. The van der Waals surface area contributed by atoms with Crippen LogP contribution in [0.15, 0.2) is 12.1 Å². The van der Waals surface area contributed by atoms with Crippen molar-refractivity contribution in [3.05, 3.63) is 23.0 Å². The number of piperidine rings is 1. The van der Waals surface area contributed by atoms with Gasteiger partial charge in [-0.3, -0.25) is 0 Å². The molecular formula is C13H12ClF4NO2. The van der Waals surface area contributed by atoms with E-state index in [1.807, 2.05) is 0 Å². The lowest BCUT2D eigenvalue weighted by molar-refractivity contribution is -0.274. The number of alkyl halides is 3. The lowest BCUT2D eigenvalue weighted by Gasteiger charge is -2.32. The molecule has 0 N–H and O–H groups in total. The molecule has 2 saturated heterocycles. The van der Waals surface area contributed by atoms with Gasteiger partial charge in [0.15, 0.2) is 0 Å². The second kappa shape index (κ2) is 4.91. The monoisotopic (exact) mass is 325 g/mol. The van der Waals surface area contributed by atoms with Gasteiger partial charge < -0.3 is 14.4 Å². The topological polar surface area (TPSA) is 25.0 Å². The molecular weight excluding hydrogens is 314 g/mol. The van der Waals surface area contributed by atoms with Crippen molar-refractivity contribution in [1.29, 1.82) is 0 Å². The van der Waals surface area contributed by atoms with Gasteiger partial charge in [-0.1, -0.05) is 11.6 Å². The van der Waals surface area contributed by atoms with Crippen molar-refractivity contribution < 1.29 is 27.0 Å². The predicted molar refractivity (Wildman–Crippen MR) is 68.2 cm³/mol. The number of benzene rings is 1. The third kappa shape index (κ3) is 3.18. The molecule has 2 aliphatic rings. The Labute approximate surface area is 123 Å². The summed E-state index contributed by atoms with van der Waals surface area (Å²) in [7, 11) is 0. The van der Waals surface area contributed by atoms with Gasteiger partial charge in [0.2, 0.25) is 0 Å². The molecule has 1 aromatic rings. The van der Waals surface area contributed by atoms with Crippen LogP contribution in [0.4, 0.5) is 23.2 Å². The number of anilines is 1. The molecule has 2 heterocycles. The zero-order valence-electron chi connectivity index (χ0n) is 10.8.